The van der Waals surface area contributed by atoms with Crippen molar-refractivity contribution in [3.63, 3.8) is 0 Å². The second-order valence-corrected chi connectivity index (χ2v) is 11.4. The van der Waals surface area contributed by atoms with E-state index in [2.05, 4.69) is 25.5 Å². The lowest BCUT2D eigenvalue weighted by molar-refractivity contribution is -0.129. The lowest BCUT2D eigenvalue weighted by Gasteiger charge is -2.29. The van der Waals surface area contributed by atoms with Crippen LogP contribution >= 0.6 is 11.6 Å². The zero-order valence-corrected chi connectivity index (χ0v) is 25.7. The minimum atomic E-state index is -2.98. The maximum Gasteiger partial charge on any atom is 0.407 e. The number of benzene rings is 2. The molecule has 19 heteroatoms. The number of aromatic nitrogens is 5. The number of rotatable bonds is 11. The zero-order chi connectivity index (χ0) is 34.9. The van der Waals surface area contributed by atoms with Crippen LogP contribution in [0.4, 0.5) is 31.1 Å². The van der Waals surface area contributed by atoms with Crippen LogP contribution in [0.1, 0.15) is 50.2 Å². The average molecular weight is 698 g/mol. The fourth-order valence-corrected chi connectivity index (χ4v) is 4.92. The second-order valence-electron chi connectivity index (χ2n) is 11.0. The number of guanidine groups is 1. The van der Waals surface area contributed by atoms with Gasteiger partial charge in [-0.1, -0.05) is 41.9 Å². The summed E-state index contributed by atoms with van der Waals surface area (Å²) in [5.74, 6) is -1.13. The number of nitrogens with one attached hydrogen (secondary N) is 1. The molecule has 0 fully saturated rings. The molecule has 0 bridgehead atoms. The van der Waals surface area contributed by atoms with Crippen molar-refractivity contribution in [3.8, 4) is 22.5 Å². The molecule has 2 amide bonds. The quantitative estimate of drug-likeness (QED) is 0.184. The van der Waals surface area contributed by atoms with E-state index in [1.165, 1.54) is 24.4 Å². The number of alkyl carbamates (subject to hydrolysis) is 1. The molecule has 1 aliphatic heterocycles. The van der Waals surface area contributed by atoms with Crippen molar-refractivity contribution in [2.24, 2.45) is 10.7 Å². The Morgan fingerprint density at radius 3 is 2.33 bits per heavy atom. The molecule has 5 rings (SSSR count). The van der Waals surface area contributed by atoms with Gasteiger partial charge in [-0.15, -0.1) is 5.10 Å². The van der Waals surface area contributed by atoms with Crippen LogP contribution in [0.5, 0.6) is 0 Å². The summed E-state index contributed by atoms with van der Waals surface area (Å²) in [6.45, 7) is -4.25. The van der Waals surface area contributed by atoms with Crippen LogP contribution in [0.15, 0.2) is 66.2 Å². The van der Waals surface area contributed by atoms with Crippen LogP contribution in [-0.2, 0) is 9.53 Å². The predicted octanol–water partition coefficient (Wildman–Crippen LogP) is 5.96. The average Bonchev–Trinajstić information content (AvgIpc) is 3.78. The van der Waals surface area contributed by atoms with Crippen LogP contribution in [0, 0.1) is 0 Å². The minimum absolute atomic E-state index is 0.0632. The van der Waals surface area contributed by atoms with Gasteiger partial charge in [-0.2, -0.15) is 27.3 Å². The molecule has 12 nitrogen and oxygen atoms in total. The Morgan fingerprint density at radius 2 is 1.73 bits per heavy atom. The van der Waals surface area contributed by atoms with Crippen molar-refractivity contribution in [2.75, 3.05) is 6.61 Å². The summed E-state index contributed by atoms with van der Waals surface area (Å²) in [5, 5.41) is 9.45. The molecule has 1 aliphatic rings. The van der Waals surface area contributed by atoms with Gasteiger partial charge in [0.15, 0.2) is 17.8 Å². The molecule has 1 unspecified atom stereocenters. The third-order valence-electron chi connectivity index (χ3n) is 7.32. The minimum Gasteiger partial charge on any atom is -0.447 e. The number of nitrogens with two attached hydrogens (primary N) is 1. The lowest BCUT2D eigenvalue weighted by atomic mass is 10.00. The Hall–Kier alpha value is -5.13. The predicted molar refractivity (Wildman–Crippen MR) is 159 cm³/mol. The van der Waals surface area contributed by atoms with Gasteiger partial charge in [-0.05, 0) is 42.7 Å². The molecule has 4 aromatic rings. The molecule has 0 saturated heterocycles. The first-order chi connectivity index (χ1) is 22.7. The highest BCUT2D eigenvalue weighted by molar-refractivity contribution is 6.33. The summed E-state index contributed by atoms with van der Waals surface area (Å²) in [6, 6.07) is 8.07. The first-order valence-electron chi connectivity index (χ1n) is 14.0. The number of amides is 2. The molecule has 0 saturated carbocycles. The summed E-state index contributed by atoms with van der Waals surface area (Å²) in [7, 11) is 0. The van der Waals surface area contributed by atoms with Crippen LogP contribution in [0.25, 0.3) is 22.5 Å². The van der Waals surface area contributed by atoms with Crippen LogP contribution < -0.4 is 11.1 Å². The highest BCUT2D eigenvalue weighted by Crippen LogP contribution is 2.36. The van der Waals surface area contributed by atoms with Crippen molar-refractivity contribution in [3.05, 3.63) is 77.3 Å². The molecule has 3 heterocycles. The van der Waals surface area contributed by atoms with Crippen molar-refractivity contribution >= 4 is 29.6 Å². The number of halogens is 7. The SMILES string of the molecule is CC(C)(NC(=O)OCC(c1ccc(Cl)c(-c2ncn(C(F)F)n2)c1)N1C(=O)[C@@H](c2ccc(-c3cnn(C(F)F)c3)cc2)N=C1N)C(F)F. The number of aliphatic imine (C=N–C) groups is 1. The summed E-state index contributed by atoms with van der Waals surface area (Å²) >= 11 is 6.33. The zero-order valence-electron chi connectivity index (χ0n) is 24.9. The Balaban J connectivity index is 1.45. The van der Waals surface area contributed by atoms with Crippen molar-refractivity contribution in [2.45, 2.75) is 51.0 Å². The van der Waals surface area contributed by atoms with Gasteiger partial charge < -0.3 is 15.8 Å². The van der Waals surface area contributed by atoms with Crippen molar-refractivity contribution in [1.29, 1.82) is 0 Å². The molecule has 2 aromatic heterocycles. The highest BCUT2D eigenvalue weighted by Gasteiger charge is 2.41. The van der Waals surface area contributed by atoms with Crippen LogP contribution in [0.3, 0.4) is 0 Å². The van der Waals surface area contributed by atoms with Gasteiger partial charge in [0.1, 0.15) is 12.9 Å². The van der Waals surface area contributed by atoms with Gasteiger partial charge >= 0.3 is 19.2 Å². The standard InChI is InChI=1S/C29H26ClF6N9O3/c1-29(2,24(31)32)41-28(47)48-12-20(16-7-8-19(30)18(9-16)22-38-13-44(42-22)26(35)36)45-23(46)21(40-27(45)37)15-5-3-14(4-6-15)17-10-39-43(11-17)25(33)34/h3-11,13,20-21,24-26H,12H2,1-2H3,(H2,37,40)(H,41,47)/t20?,21-/m1/s1. The van der Waals surface area contributed by atoms with E-state index >= 15 is 0 Å². The number of hydrogen-bond donors (Lipinski definition) is 2. The summed E-state index contributed by atoms with van der Waals surface area (Å²) in [5.41, 5.74) is 5.91. The maximum atomic E-state index is 13.9. The molecule has 0 radical (unpaired) electrons. The van der Waals surface area contributed by atoms with Gasteiger partial charge in [-0.3, -0.25) is 9.69 Å². The molecule has 0 aliphatic carbocycles. The molecule has 2 aromatic carbocycles. The Morgan fingerprint density at radius 1 is 1.04 bits per heavy atom. The number of hydrogen-bond acceptors (Lipinski definition) is 8. The van der Waals surface area contributed by atoms with E-state index in [9.17, 15) is 35.9 Å². The third kappa shape index (κ3) is 7.07. The molecule has 0 spiro atoms. The molecule has 254 valence electrons. The van der Waals surface area contributed by atoms with Gasteiger partial charge in [-0.25, -0.2) is 28.2 Å². The van der Waals surface area contributed by atoms with E-state index in [1.54, 1.807) is 24.3 Å². The molecule has 3 N–H and O–H groups in total. The topological polar surface area (TPSA) is 146 Å². The number of carbonyl (C=O) groups excluding carboxylic acids is 2. The van der Waals surface area contributed by atoms with Gasteiger partial charge in [0.25, 0.3) is 12.3 Å². The fourth-order valence-electron chi connectivity index (χ4n) is 4.72. The monoisotopic (exact) mass is 697 g/mol. The first kappa shape index (κ1) is 34.2. The van der Waals surface area contributed by atoms with Crippen LogP contribution in [-0.4, -0.2) is 66.0 Å². The Bertz CT molecular complexity index is 1830. The van der Waals surface area contributed by atoms with Gasteiger partial charge in [0.05, 0.1) is 22.8 Å². The first-order valence-corrected chi connectivity index (χ1v) is 14.3. The molecular formula is C29H26ClF6N9O3. The van der Waals surface area contributed by atoms with Crippen molar-refractivity contribution < 1.29 is 40.7 Å². The molecule has 48 heavy (non-hydrogen) atoms. The van der Waals surface area contributed by atoms with E-state index in [1.807, 2.05) is 0 Å². The largest absolute Gasteiger partial charge is 0.447 e. The van der Waals surface area contributed by atoms with E-state index in [4.69, 9.17) is 22.1 Å². The van der Waals surface area contributed by atoms with E-state index in [-0.39, 0.29) is 27.9 Å². The summed E-state index contributed by atoms with van der Waals surface area (Å²) in [6.07, 6.45) is -0.933. The lowest BCUT2D eigenvalue weighted by Crippen LogP contribution is -2.50. The fraction of sp³-hybridized carbons (Fsp3) is 0.310. The molecule has 2 atom stereocenters. The van der Waals surface area contributed by atoms with E-state index < -0.39 is 55.8 Å². The number of nitrogens with zero attached hydrogens (tertiary/aromatic N) is 7. The van der Waals surface area contributed by atoms with E-state index in [0.717, 1.165) is 31.3 Å². The second kappa shape index (κ2) is 13.5. The number of carbonyl (C=O) groups is 2. The Labute approximate surface area is 273 Å². The normalized spacial score (nSPS) is 15.8. The van der Waals surface area contributed by atoms with Crippen LogP contribution in [0.2, 0.25) is 5.02 Å². The summed E-state index contributed by atoms with van der Waals surface area (Å²) in [4.78, 5) is 35.6. The van der Waals surface area contributed by atoms with Gasteiger partial charge in [0.2, 0.25) is 0 Å². The summed E-state index contributed by atoms with van der Waals surface area (Å²) < 4.78 is 85.1. The smallest absolute Gasteiger partial charge is 0.407 e. The number of alkyl halides is 6. The maximum absolute atomic E-state index is 13.9. The van der Waals surface area contributed by atoms with Gasteiger partial charge in [0, 0.05) is 17.3 Å². The Kier molecular flexibility index (Phi) is 9.65. The van der Waals surface area contributed by atoms with E-state index in [0.29, 0.717) is 26.1 Å². The highest BCUT2D eigenvalue weighted by atomic mass is 35.5. The third-order valence-corrected chi connectivity index (χ3v) is 7.65. The van der Waals surface area contributed by atoms with Crippen molar-refractivity contribution in [1.82, 2.24) is 34.8 Å². The molecular weight excluding hydrogens is 672 g/mol. The number of ether oxygens (including phenoxy) is 1.